The summed E-state index contributed by atoms with van der Waals surface area (Å²) in [6.45, 7) is 1.69. The van der Waals surface area contributed by atoms with Gasteiger partial charge in [0.15, 0.2) is 0 Å². The first kappa shape index (κ1) is 9.96. The number of methoxy groups -OCH3 is 1. The van der Waals surface area contributed by atoms with Gasteiger partial charge in [0.1, 0.15) is 5.69 Å². The lowest BCUT2D eigenvalue weighted by atomic mass is 10.3. The zero-order valence-electron chi connectivity index (χ0n) is 8.77. The molecule has 0 aromatic carbocycles. The van der Waals surface area contributed by atoms with Crippen molar-refractivity contribution < 1.29 is 9.53 Å². The molecule has 0 aliphatic carbocycles. The van der Waals surface area contributed by atoms with Crippen LogP contribution in [-0.2, 0) is 0 Å². The fraction of sp³-hybridized carbons (Fsp3) is 0.455. The van der Waals surface area contributed by atoms with Gasteiger partial charge in [0.2, 0.25) is 5.88 Å². The highest BCUT2D eigenvalue weighted by atomic mass is 16.5. The molecule has 0 spiro atoms. The highest BCUT2D eigenvalue weighted by Crippen LogP contribution is 2.13. The van der Waals surface area contributed by atoms with E-state index in [0.717, 1.165) is 25.9 Å². The van der Waals surface area contributed by atoms with Gasteiger partial charge in [-0.15, -0.1) is 0 Å². The van der Waals surface area contributed by atoms with E-state index in [2.05, 4.69) is 4.98 Å². The molecular formula is C11H14N2O2. The van der Waals surface area contributed by atoms with Gasteiger partial charge in [-0.1, -0.05) is 6.07 Å². The fourth-order valence-corrected chi connectivity index (χ4v) is 1.73. The van der Waals surface area contributed by atoms with E-state index in [1.54, 1.807) is 25.3 Å². The molecule has 1 amide bonds. The van der Waals surface area contributed by atoms with Gasteiger partial charge in [-0.25, -0.2) is 4.98 Å². The number of rotatable bonds is 2. The summed E-state index contributed by atoms with van der Waals surface area (Å²) < 4.78 is 4.99. The van der Waals surface area contributed by atoms with Crippen LogP contribution >= 0.6 is 0 Å². The first-order chi connectivity index (χ1) is 7.31. The molecule has 0 unspecified atom stereocenters. The van der Waals surface area contributed by atoms with Crippen LogP contribution in [0.5, 0.6) is 5.88 Å². The maximum Gasteiger partial charge on any atom is 0.272 e. The number of nitrogens with zero attached hydrogens (tertiary/aromatic N) is 2. The normalized spacial score (nSPS) is 15.4. The maximum atomic E-state index is 11.9. The van der Waals surface area contributed by atoms with Gasteiger partial charge in [0.05, 0.1) is 7.11 Å². The van der Waals surface area contributed by atoms with Crippen LogP contribution in [0.4, 0.5) is 0 Å². The average molecular weight is 206 g/mol. The predicted octanol–water partition coefficient (Wildman–Crippen LogP) is 1.33. The van der Waals surface area contributed by atoms with Crippen LogP contribution in [0.3, 0.4) is 0 Å². The van der Waals surface area contributed by atoms with E-state index in [1.165, 1.54) is 0 Å². The molecule has 4 nitrogen and oxygen atoms in total. The Morgan fingerprint density at radius 3 is 2.80 bits per heavy atom. The number of amides is 1. The molecule has 15 heavy (non-hydrogen) atoms. The standard InChI is InChI=1S/C11H14N2O2/c1-15-10-6-4-5-9(12-10)11(14)13-7-2-3-8-13/h4-6H,2-3,7-8H2,1H3. The Balaban J connectivity index is 2.17. The van der Waals surface area contributed by atoms with Gasteiger partial charge in [0.25, 0.3) is 5.91 Å². The van der Waals surface area contributed by atoms with Crippen molar-refractivity contribution in [3.8, 4) is 5.88 Å². The van der Waals surface area contributed by atoms with Crippen molar-refractivity contribution in [1.29, 1.82) is 0 Å². The number of aromatic nitrogens is 1. The van der Waals surface area contributed by atoms with Gasteiger partial charge < -0.3 is 9.64 Å². The molecule has 0 bridgehead atoms. The van der Waals surface area contributed by atoms with E-state index in [9.17, 15) is 4.79 Å². The van der Waals surface area contributed by atoms with Gasteiger partial charge in [0, 0.05) is 19.2 Å². The molecule has 1 aliphatic heterocycles. The third-order valence-corrected chi connectivity index (χ3v) is 2.55. The Labute approximate surface area is 88.9 Å². The minimum absolute atomic E-state index is 0.00593. The van der Waals surface area contributed by atoms with Crippen molar-refractivity contribution in [3.05, 3.63) is 23.9 Å². The Morgan fingerprint density at radius 2 is 2.13 bits per heavy atom. The van der Waals surface area contributed by atoms with E-state index in [1.807, 2.05) is 4.90 Å². The predicted molar refractivity (Wildman–Crippen MR) is 55.9 cm³/mol. The van der Waals surface area contributed by atoms with E-state index in [0.29, 0.717) is 11.6 Å². The van der Waals surface area contributed by atoms with Crippen molar-refractivity contribution in [2.24, 2.45) is 0 Å². The first-order valence-corrected chi connectivity index (χ1v) is 5.11. The van der Waals surface area contributed by atoms with Crippen molar-refractivity contribution in [3.63, 3.8) is 0 Å². The first-order valence-electron chi connectivity index (χ1n) is 5.11. The molecule has 1 aromatic rings. The molecule has 1 aliphatic rings. The van der Waals surface area contributed by atoms with E-state index in [4.69, 9.17) is 4.74 Å². The maximum absolute atomic E-state index is 11.9. The molecule has 4 heteroatoms. The molecule has 1 aromatic heterocycles. The monoisotopic (exact) mass is 206 g/mol. The molecule has 0 N–H and O–H groups in total. The molecule has 2 heterocycles. The zero-order valence-corrected chi connectivity index (χ0v) is 8.77. The Kier molecular flexibility index (Phi) is 2.85. The van der Waals surface area contributed by atoms with Gasteiger partial charge in [-0.05, 0) is 18.9 Å². The Bertz CT molecular complexity index is 359. The third-order valence-electron chi connectivity index (χ3n) is 2.55. The molecule has 2 rings (SSSR count). The quantitative estimate of drug-likeness (QED) is 0.733. The summed E-state index contributed by atoms with van der Waals surface area (Å²) in [6.07, 6.45) is 2.19. The lowest BCUT2D eigenvalue weighted by Crippen LogP contribution is -2.28. The summed E-state index contributed by atoms with van der Waals surface area (Å²) in [5, 5.41) is 0. The second kappa shape index (κ2) is 4.29. The summed E-state index contributed by atoms with van der Waals surface area (Å²) in [7, 11) is 1.55. The van der Waals surface area contributed by atoms with Crippen LogP contribution in [0, 0.1) is 0 Å². The summed E-state index contributed by atoms with van der Waals surface area (Å²) >= 11 is 0. The van der Waals surface area contributed by atoms with Crippen molar-refractivity contribution in [2.75, 3.05) is 20.2 Å². The average Bonchev–Trinajstić information content (AvgIpc) is 2.81. The lowest BCUT2D eigenvalue weighted by Gasteiger charge is -2.14. The molecule has 1 fully saturated rings. The fourth-order valence-electron chi connectivity index (χ4n) is 1.73. The number of hydrogen-bond acceptors (Lipinski definition) is 3. The van der Waals surface area contributed by atoms with E-state index >= 15 is 0 Å². The second-order valence-corrected chi connectivity index (χ2v) is 3.56. The highest BCUT2D eigenvalue weighted by Gasteiger charge is 2.20. The summed E-state index contributed by atoms with van der Waals surface area (Å²) in [5.74, 6) is 0.492. The van der Waals surface area contributed by atoms with Crippen LogP contribution in [0.1, 0.15) is 23.3 Å². The number of carbonyl (C=O) groups excluding carboxylic acids is 1. The second-order valence-electron chi connectivity index (χ2n) is 3.56. The molecule has 80 valence electrons. The van der Waals surface area contributed by atoms with Crippen LogP contribution < -0.4 is 4.74 Å². The van der Waals surface area contributed by atoms with Crippen LogP contribution in [-0.4, -0.2) is 36.0 Å². The topological polar surface area (TPSA) is 42.4 Å². The Hall–Kier alpha value is -1.58. The SMILES string of the molecule is COc1cccc(C(=O)N2CCCC2)n1. The van der Waals surface area contributed by atoms with Gasteiger partial charge in [-0.3, -0.25) is 4.79 Å². The molecule has 0 radical (unpaired) electrons. The van der Waals surface area contributed by atoms with Gasteiger partial charge in [-0.2, -0.15) is 0 Å². The number of hydrogen-bond donors (Lipinski definition) is 0. The summed E-state index contributed by atoms with van der Waals surface area (Å²) in [4.78, 5) is 17.9. The summed E-state index contributed by atoms with van der Waals surface area (Å²) in [6, 6.07) is 5.25. The van der Waals surface area contributed by atoms with Gasteiger partial charge >= 0.3 is 0 Å². The number of likely N-dealkylation sites (tertiary alicyclic amines) is 1. The van der Waals surface area contributed by atoms with E-state index < -0.39 is 0 Å². The third kappa shape index (κ3) is 2.09. The van der Waals surface area contributed by atoms with Crippen molar-refractivity contribution in [2.45, 2.75) is 12.8 Å². The largest absolute Gasteiger partial charge is 0.481 e. The number of pyridine rings is 1. The molecular weight excluding hydrogens is 192 g/mol. The lowest BCUT2D eigenvalue weighted by molar-refractivity contribution is 0.0786. The van der Waals surface area contributed by atoms with Crippen LogP contribution in [0.15, 0.2) is 18.2 Å². The molecule has 1 saturated heterocycles. The van der Waals surface area contributed by atoms with E-state index in [-0.39, 0.29) is 5.91 Å². The van der Waals surface area contributed by atoms with Crippen LogP contribution in [0.25, 0.3) is 0 Å². The zero-order chi connectivity index (χ0) is 10.7. The van der Waals surface area contributed by atoms with Crippen molar-refractivity contribution in [1.82, 2.24) is 9.88 Å². The van der Waals surface area contributed by atoms with Crippen LogP contribution in [0.2, 0.25) is 0 Å². The smallest absolute Gasteiger partial charge is 0.272 e. The minimum atomic E-state index is 0.00593. The van der Waals surface area contributed by atoms with Crippen molar-refractivity contribution >= 4 is 5.91 Å². The molecule has 0 saturated carbocycles. The number of carbonyl (C=O) groups is 1. The summed E-state index contributed by atoms with van der Waals surface area (Å²) in [5.41, 5.74) is 0.469. The minimum Gasteiger partial charge on any atom is -0.481 e. The number of ether oxygens (including phenoxy) is 1. The Morgan fingerprint density at radius 1 is 1.40 bits per heavy atom. The molecule has 0 atom stereocenters. The highest BCUT2D eigenvalue weighted by molar-refractivity contribution is 5.92.